The SMILES string of the molecule is Cc1ccc(NC(=O)C(=O)NCC(c2cccc3ccccc23)N2CCOCC2)cc1Cl. The van der Waals surface area contributed by atoms with E-state index < -0.39 is 11.8 Å². The average molecular weight is 452 g/mol. The number of aryl methyl sites for hydroxylation is 1. The van der Waals surface area contributed by atoms with Gasteiger partial charge in [0.15, 0.2) is 0 Å². The minimum atomic E-state index is -0.719. The Morgan fingerprint density at radius 1 is 1.03 bits per heavy atom. The number of amides is 2. The maximum Gasteiger partial charge on any atom is 0.313 e. The molecule has 32 heavy (non-hydrogen) atoms. The number of halogens is 1. The molecule has 0 saturated carbocycles. The van der Waals surface area contributed by atoms with Crippen LogP contribution in [0, 0.1) is 6.92 Å². The first-order chi connectivity index (χ1) is 15.5. The average Bonchev–Trinajstić information content (AvgIpc) is 2.82. The number of hydrogen-bond acceptors (Lipinski definition) is 4. The van der Waals surface area contributed by atoms with Gasteiger partial charge in [0.05, 0.1) is 19.3 Å². The first-order valence-electron chi connectivity index (χ1n) is 10.7. The summed E-state index contributed by atoms with van der Waals surface area (Å²) in [6.45, 7) is 5.00. The smallest absolute Gasteiger partial charge is 0.313 e. The molecule has 1 heterocycles. The molecule has 3 aromatic rings. The molecule has 1 saturated heterocycles. The highest BCUT2D eigenvalue weighted by molar-refractivity contribution is 6.40. The fourth-order valence-electron chi connectivity index (χ4n) is 3.99. The third kappa shape index (κ3) is 5.10. The Bertz CT molecular complexity index is 1120. The molecule has 2 N–H and O–H groups in total. The Hall–Kier alpha value is -2.93. The standard InChI is InChI=1S/C25H26ClN3O3/c1-17-9-10-19(15-22(17)26)28-25(31)24(30)27-16-23(29-11-13-32-14-12-29)21-8-4-6-18-5-2-3-7-20(18)21/h2-10,15,23H,11-14,16H2,1H3,(H,27,30)(H,28,31). The van der Waals surface area contributed by atoms with Crippen LogP contribution in [0.3, 0.4) is 0 Å². The van der Waals surface area contributed by atoms with E-state index in [9.17, 15) is 9.59 Å². The van der Waals surface area contributed by atoms with Gasteiger partial charge in [-0.15, -0.1) is 0 Å². The number of fused-ring (bicyclic) bond motifs is 1. The summed E-state index contributed by atoms with van der Waals surface area (Å²) in [5, 5.41) is 8.25. The summed E-state index contributed by atoms with van der Waals surface area (Å²) in [7, 11) is 0. The number of morpholine rings is 1. The van der Waals surface area contributed by atoms with E-state index in [2.05, 4.69) is 39.8 Å². The molecule has 0 aliphatic carbocycles. The van der Waals surface area contributed by atoms with Crippen molar-refractivity contribution in [3.8, 4) is 0 Å². The summed E-state index contributed by atoms with van der Waals surface area (Å²) < 4.78 is 5.52. The Morgan fingerprint density at radius 2 is 1.78 bits per heavy atom. The predicted octanol–water partition coefficient (Wildman–Crippen LogP) is 3.93. The maximum absolute atomic E-state index is 12.6. The molecule has 0 spiro atoms. The molecule has 2 amide bonds. The van der Waals surface area contributed by atoms with Gasteiger partial charge >= 0.3 is 11.8 Å². The third-order valence-electron chi connectivity index (χ3n) is 5.76. The highest BCUT2D eigenvalue weighted by Crippen LogP contribution is 2.28. The van der Waals surface area contributed by atoms with Crippen molar-refractivity contribution in [2.45, 2.75) is 13.0 Å². The monoisotopic (exact) mass is 451 g/mol. The lowest BCUT2D eigenvalue weighted by Crippen LogP contribution is -2.45. The molecule has 1 atom stereocenters. The quantitative estimate of drug-likeness (QED) is 0.576. The number of ether oxygens (including phenoxy) is 1. The van der Waals surface area contributed by atoms with Gasteiger partial charge in [0.25, 0.3) is 0 Å². The normalized spacial score (nSPS) is 15.3. The van der Waals surface area contributed by atoms with Crippen LogP contribution in [-0.4, -0.2) is 49.6 Å². The van der Waals surface area contributed by atoms with E-state index in [0.29, 0.717) is 30.5 Å². The van der Waals surface area contributed by atoms with Gasteiger partial charge in [-0.25, -0.2) is 0 Å². The second-order valence-corrected chi connectivity index (χ2v) is 8.27. The highest BCUT2D eigenvalue weighted by Gasteiger charge is 2.25. The van der Waals surface area contributed by atoms with Crippen LogP contribution in [-0.2, 0) is 14.3 Å². The highest BCUT2D eigenvalue weighted by atomic mass is 35.5. The molecule has 1 aliphatic rings. The lowest BCUT2D eigenvalue weighted by Gasteiger charge is -2.35. The molecule has 4 rings (SSSR count). The first-order valence-corrected chi connectivity index (χ1v) is 11.1. The molecule has 6 nitrogen and oxygen atoms in total. The number of nitrogens with zero attached hydrogens (tertiary/aromatic N) is 1. The summed E-state index contributed by atoms with van der Waals surface area (Å²) in [6.07, 6.45) is 0. The maximum atomic E-state index is 12.6. The summed E-state index contributed by atoms with van der Waals surface area (Å²) in [5.41, 5.74) is 2.51. The van der Waals surface area contributed by atoms with Gasteiger partial charge in [-0.1, -0.05) is 60.1 Å². The molecule has 3 aromatic carbocycles. The van der Waals surface area contributed by atoms with Crippen molar-refractivity contribution >= 4 is 39.9 Å². The van der Waals surface area contributed by atoms with E-state index in [-0.39, 0.29) is 6.04 Å². The summed E-state index contributed by atoms with van der Waals surface area (Å²) >= 11 is 6.11. The number of carbonyl (C=O) groups is 2. The second kappa shape index (κ2) is 10.1. The van der Waals surface area contributed by atoms with Gasteiger partial charge in [-0.2, -0.15) is 0 Å². The number of anilines is 1. The van der Waals surface area contributed by atoms with Crippen molar-refractivity contribution in [3.05, 3.63) is 76.8 Å². The van der Waals surface area contributed by atoms with E-state index in [1.54, 1.807) is 18.2 Å². The van der Waals surface area contributed by atoms with Crippen LogP contribution in [0.2, 0.25) is 5.02 Å². The fraction of sp³-hybridized carbons (Fsp3) is 0.280. The zero-order valence-corrected chi connectivity index (χ0v) is 18.7. The first kappa shape index (κ1) is 22.3. The predicted molar refractivity (Wildman–Crippen MR) is 127 cm³/mol. The minimum Gasteiger partial charge on any atom is -0.379 e. The summed E-state index contributed by atoms with van der Waals surface area (Å²) in [4.78, 5) is 27.3. The topological polar surface area (TPSA) is 70.7 Å². The van der Waals surface area contributed by atoms with Gasteiger partial charge in [-0.05, 0) is 41.0 Å². The molecule has 0 radical (unpaired) electrons. The molecule has 1 aliphatic heterocycles. The van der Waals surface area contributed by atoms with Crippen molar-refractivity contribution in [1.82, 2.24) is 10.2 Å². The molecular weight excluding hydrogens is 426 g/mol. The zero-order valence-electron chi connectivity index (χ0n) is 17.9. The Balaban J connectivity index is 1.50. The molecule has 166 valence electrons. The van der Waals surface area contributed by atoms with Gasteiger partial charge in [0.1, 0.15) is 0 Å². The van der Waals surface area contributed by atoms with Gasteiger partial charge in [0.2, 0.25) is 0 Å². The molecule has 1 unspecified atom stereocenters. The number of hydrogen-bond donors (Lipinski definition) is 2. The Morgan fingerprint density at radius 3 is 2.56 bits per heavy atom. The lowest BCUT2D eigenvalue weighted by molar-refractivity contribution is -0.136. The second-order valence-electron chi connectivity index (χ2n) is 7.86. The molecule has 0 bridgehead atoms. The van der Waals surface area contributed by atoms with Crippen LogP contribution in [0.15, 0.2) is 60.7 Å². The van der Waals surface area contributed by atoms with Crippen LogP contribution in [0.4, 0.5) is 5.69 Å². The zero-order chi connectivity index (χ0) is 22.5. The van der Waals surface area contributed by atoms with Crippen LogP contribution in [0.5, 0.6) is 0 Å². The Kier molecular flexibility index (Phi) is 7.05. The van der Waals surface area contributed by atoms with Crippen molar-refractivity contribution in [2.75, 3.05) is 38.2 Å². The number of nitrogens with one attached hydrogen (secondary N) is 2. The molecule has 0 aromatic heterocycles. The van der Waals surface area contributed by atoms with Crippen molar-refractivity contribution in [1.29, 1.82) is 0 Å². The minimum absolute atomic E-state index is 0.0735. The van der Waals surface area contributed by atoms with Crippen LogP contribution in [0.25, 0.3) is 10.8 Å². The van der Waals surface area contributed by atoms with E-state index in [1.165, 1.54) is 0 Å². The number of benzene rings is 3. The van der Waals surface area contributed by atoms with Gasteiger partial charge in [-0.3, -0.25) is 14.5 Å². The van der Waals surface area contributed by atoms with Crippen molar-refractivity contribution < 1.29 is 14.3 Å². The van der Waals surface area contributed by atoms with E-state index in [0.717, 1.165) is 35.0 Å². The summed E-state index contributed by atoms with van der Waals surface area (Å²) in [6, 6.07) is 19.5. The van der Waals surface area contributed by atoms with Gasteiger partial charge < -0.3 is 15.4 Å². The van der Waals surface area contributed by atoms with Crippen molar-refractivity contribution in [3.63, 3.8) is 0 Å². The van der Waals surface area contributed by atoms with Crippen LogP contribution < -0.4 is 10.6 Å². The van der Waals surface area contributed by atoms with Crippen LogP contribution in [0.1, 0.15) is 17.2 Å². The fourth-order valence-corrected chi connectivity index (χ4v) is 4.17. The van der Waals surface area contributed by atoms with E-state index in [1.807, 2.05) is 25.1 Å². The van der Waals surface area contributed by atoms with E-state index >= 15 is 0 Å². The Labute approximate surface area is 192 Å². The van der Waals surface area contributed by atoms with Crippen molar-refractivity contribution in [2.24, 2.45) is 0 Å². The third-order valence-corrected chi connectivity index (χ3v) is 6.17. The van der Waals surface area contributed by atoms with Gasteiger partial charge in [0, 0.05) is 30.3 Å². The molecular formula is C25H26ClN3O3. The van der Waals surface area contributed by atoms with E-state index in [4.69, 9.17) is 16.3 Å². The summed E-state index contributed by atoms with van der Waals surface area (Å²) in [5.74, 6) is -1.40. The lowest BCUT2D eigenvalue weighted by atomic mass is 9.97. The molecule has 7 heteroatoms. The number of rotatable bonds is 5. The van der Waals surface area contributed by atoms with Crippen LogP contribution >= 0.6 is 11.6 Å². The molecule has 1 fully saturated rings. The number of carbonyl (C=O) groups excluding carboxylic acids is 2. The largest absolute Gasteiger partial charge is 0.379 e.